The van der Waals surface area contributed by atoms with Crippen LogP contribution in [-0.4, -0.2) is 18.8 Å². The van der Waals surface area contributed by atoms with Crippen LogP contribution in [0.3, 0.4) is 0 Å². The van der Waals surface area contributed by atoms with E-state index in [1.165, 1.54) is 11.1 Å². The molecule has 1 aliphatic carbocycles. The smallest absolute Gasteiger partial charge is 0.411 e. The first-order chi connectivity index (χ1) is 13.4. The second kappa shape index (κ2) is 7.23. The van der Waals surface area contributed by atoms with Gasteiger partial charge in [-0.15, -0.1) is 0 Å². The minimum atomic E-state index is -0.450. The molecular formula is C23H25NO4. The lowest BCUT2D eigenvalue weighted by atomic mass is 9.71. The number of benzene rings is 1. The van der Waals surface area contributed by atoms with Crippen LogP contribution < -0.4 is 10.1 Å². The van der Waals surface area contributed by atoms with Crippen LogP contribution in [-0.2, 0) is 22.3 Å². The second-order valence-corrected chi connectivity index (χ2v) is 8.05. The van der Waals surface area contributed by atoms with Crippen molar-refractivity contribution in [3.8, 4) is 5.75 Å². The fourth-order valence-electron chi connectivity index (χ4n) is 3.81. The fraction of sp³-hybridized carbons (Fsp3) is 0.348. The Kier molecular flexibility index (Phi) is 4.75. The van der Waals surface area contributed by atoms with Crippen molar-refractivity contribution >= 4 is 12.2 Å². The molecule has 0 saturated carbocycles. The lowest BCUT2D eigenvalue weighted by molar-refractivity contribution is 0.0185. The summed E-state index contributed by atoms with van der Waals surface area (Å²) in [7, 11) is 0. The van der Waals surface area contributed by atoms with Gasteiger partial charge in [-0.2, -0.15) is 0 Å². The molecule has 5 heteroatoms. The molecule has 3 aliphatic rings. The third kappa shape index (κ3) is 3.84. The van der Waals surface area contributed by atoms with Crippen molar-refractivity contribution in [1.29, 1.82) is 0 Å². The fourth-order valence-corrected chi connectivity index (χ4v) is 3.81. The summed E-state index contributed by atoms with van der Waals surface area (Å²) < 4.78 is 16.9. The average molecular weight is 379 g/mol. The second-order valence-electron chi connectivity index (χ2n) is 8.05. The number of carbonyl (C=O) groups excluding carboxylic acids is 1. The van der Waals surface area contributed by atoms with Gasteiger partial charge in [-0.1, -0.05) is 20.4 Å². The third-order valence-corrected chi connectivity index (χ3v) is 5.38. The number of carbonyl (C=O) groups is 1. The summed E-state index contributed by atoms with van der Waals surface area (Å²) in [5.41, 5.74) is 3.27. The van der Waals surface area contributed by atoms with E-state index in [-0.39, 0.29) is 11.5 Å². The Hall–Kier alpha value is -2.95. The molecule has 0 fully saturated rings. The Morgan fingerprint density at radius 1 is 1.32 bits per heavy atom. The van der Waals surface area contributed by atoms with E-state index in [9.17, 15) is 4.79 Å². The Morgan fingerprint density at radius 3 is 2.96 bits per heavy atom. The van der Waals surface area contributed by atoms with Crippen molar-refractivity contribution in [1.82, 2.24) is 5.32 Å². The van der Waals surface area contributed by atoms with Gasteiger partial charge >= 0.3 is 6.09 Å². The molecule has 0 bridgehead atoms. The zero-order chi connectivity index (χ0) is 19.7. The first kappa shape index (κ1) is 18.4. The summed E-state index contributed by atoms with van der Waals surface area (Å²) in [4.78, 5) is 12.3. The molecule has 146 valence electrons. The number of fused-ring (bicyclic) bond motifs is 2. The molecule has 0 radical (unpaired) electrons. The molecule has 4 rings (SSSR count). The van der Waals surface area contributed by atoms with Gasteiger partial charge in [-0.3, -0.25) is 5.32 Å². The molecule has 1 N–H and O–H groups in total. The average Bonchev–Trinajstić information content (AvgIpc) is 3.14. The van der Waals surface area contributed by atoms with Crippen LogP contribution in [0.4, 0.5) is 4.79 Å². The van der Waals surface area contributed by atoms with Gasteiger partial charge in [0.1, 0.15) is 23.4 Å². The summed E-state index contributed by atoms with van der Waals surface area (Å²) in [6.45, 7) is 8.80. The molecule has 28 heavy (non-hydrogen) atoms. The quantitative estimate of drug-likeness (QED) is 0.831. The molecule has 5 nitrogen and oxygen atoms in total. The van der Waals surface area contributed by atoms with Crippen molar-refractivity contribution in [2.45, 2.75) is 39.2 Å². The van der Waals surface area contributed by atoms with Gasteiger partial charge in [0.15, 0.2) is 0 Å². The number of amides is 1. The Morgan fingerprint density at radius 2 is 2.18 bits per heavy atom. The van der Waals surface area contributed by atoms with Crippen LogP contribution in [0.1, 0.15) is 37.0 Å². The van der Waals surface area contributed by atoms with Crippen LogP contribution in [0, 0.1) is 5.41 Å². The van der Waals surface area contributed by atoms with Crippen LogP contribution in [0.5, 0.6) is 5.75 Å². The van der Waals surface area contributed by atoms with Gasteiger partial charge in [-0.25, -0.2) is 4.79 Å². The van der Waals surface area contributed by atoms with Crippen molar-refractivity contribution in [2.24, 2.45) is 5.41 Å². The molecule has 2 heterocycles. The summed E-state index contributed by atoms with van der Waals surface area (Å²) in [6.07, 6.45) is 10.9. The number of hydrogen-bond acceptors (Lipinski definition) is 4. The van der Waals surface area contributed by atoms with Crippen LogP contribution >= 0.6 is 0 Å². The summed E-state index contributed by atoms with van der Waals surface area (Å²) >= 11 is 0. The molecular weight excluding hydrogens is 354 g/mol. The minimum absolute atomic E-state index is 0.180. The van der Waals surface area contributed by atoms with E-state index < -0.39 is 6.09 Å². The zero-order valence-corrected chi connectivity index (χ0v) is 16.3. The van der Waals surface area contributed by atoms with E-state index in [1.807, 2.05) is 18.2 Å². The Bertz CT molecular complexity index is 907. The summed E-state index contributed by atoms with van der Waals surface area (Å²) in [5, 5.41) is 2.67. The van der Waals surface area contributed by atoms with E-state index in [4.69, 9.17) is 14.2 Å². The number of nitrogens with one attached hydrogen (secondary N) is 1. The standard InChI is InChI=1S/C23H25NO4/c1-15-6-7-16-11-17-13-21(23(2,3)14-18(17)12-20(16)27-15)28-22(25)24-9-8-19-5-4-10-26-19/h5-9,11-12,21H,1,4,10,13-14H2,2-3H3,(H,24,25)/b9-8+/t21-/m1/s1. The predicted octanol–water partition coefficient (Wildman–Crippen LogP) is 4.64. The van der Waals surface area contributed by atoms with Crippen molar-refractivity contribution in [3.63, 3.8) is 0 Å². The molecule has 1 amide bonds. The van der Waals surface area contributed by atoms with Crippen molar-refractivity contribution in [3.05, 3.63) is 71.3 Å². The normalized spacial score (nSPS) is 22.0. The Balaban J connectivity index is 1.45. The lowest BCUT2D eigenvalue weighted by Crippen LogP contribution is -2.42. The van der Waals surface area contributed by atoms with Crippen LogP contribution in [0.25, 0.3) is 6.08 Å². The molecule has 1 atom stereocenters. The number of allylic oxidation sites excluding steroid dienone is 2. The molecule has 0 saturated heterocycles. The predicted molar refractivity (Wildman–Crippen MR) is 108 cm³/mol. The molecule has 2 aliphatic heterocycles. The molecule has 0 unspecified atom stereocenters. The maximum absolute atomic E-state index is 12.3. The lowest BCUT2D eigenvalue weighted by Gasteiger charge is -2.39. The summed E-state index contributed by atoms with van der Waals surface area (Å²) in [6, 6.07) is 4.22. The van der Waals surface area contributed by atoms with Gasteiger partial charge in [-0.05, 0) is 54.0 Å². The van der Waals surface area contributed by atoms with Gasteiger partial charge in [0.2, 0.25) is 0 Å². The van der Waals surface area contributed by atoms with E-state index in [1.54, 1.807) is 12.3 Å². The highest BCUT2D eigenvalue weighted by Crippen LogP contribution is 2.40. The number of alkyl carbamates (subject to hydrolysis) is 1. The molecule has 0 spiro atoms. The molecule has 1 aromatic rings. The van der Waals surface area contributed by atoms with E-state index in [0.29, 0.717) is 18.8 Å². The molecule has 1 aromatic carbocycles. The monoisotopic (exact) mass is 379 g/mol. The summed E-state index contributed by atoms with van der Waals surface area (Å²) in [5.74, 6) is 2.26. The Labute approximate surface area is 165 Å². The number of hydrogen-bond donors (Lipinski definition) is 1. The van der Waals surface area contributed by atoms with Crippen LogP contribution in [0.15, 0.2) is 54.7 Å². The maximum atomic E-state index is 12.3. The van der Waals surface area contributed by atoms with Gasteiger partial charge in [0.25, 0.3) is 0 Å². The largest absolute Gasteiger partial charge is 0.494 e. The third-order valence-electron chi connectivity index (χ3n) is 5.38. The topological polar surface area (TPSA) is 56.8 Å². The SMILES string of the molecule is C=C1C=Cc2cc3c(cc2O1)CC(C)(C)[C@H](OC(=O)N/C=C/C1=CCCO1)C3. The first-order valence-electron chi connectivity index (χ1n) is 9.58. The van der Waals surface area contributed by atoms with Crippen molar-refractivity contribution in [2.75, 3.05) is 6.61 Å². The van der Waals surface area contributed by atoms with Gasteiger partial charge in [0.05, 0.1) is 6.61 Å². The minimum Gasteiger partial charge on any atom is -0.494 e. The van der Waals surface area contributed by atoms with E-state index >= 15 is 0 Å². The van der Waals surface area contributed by atoms with Gasteiger partial charge in [0, 0.05) is 30.0 Å². The number of ether oxygens (including phenoxy) is 3. The highest BCUT2D eigenvalue weighted by Gasteiger charge is 2.38. The highest BCUT2D eigenvalue weighted by molar-refractivity contribution is 5.69. The first-order valence-corrected chi connectivity index (χ1v) is 9.58. The maximum Gasteiger partial charge on any atom is 0.411 e. The van der Waals surface area contributed by atoms with E-state index in [2.05, 4.69) is 37.9 Å². The highest BCUT2D eigenvalue weighted by atomic mass is 16.6. The zero-order valence-electron chi connectivity index (χ0n) is 16.3. The van der Waals surface area contributed by atoms with Crippen molar-refractivity contribution < 1.29 is 19.0 Å². The van der Waals surface area contributed by atoms with E-state index in [0.717, 1.165) is 29.9 Å². The molecule has 0 aromatic heterocycles. The van der Waals surface area contributed by atoms with Crippen LogP contribution in [0.2, 0.25) is 0 Å². The van der Waals surface area contributed by atoms with Gasteiger partial charge < -0.3 is 14.2 Å². The number of rotatable bonds is 3.